The van der Waals surface area contributed by atoms with E-state index in [-0.39, 0.29) is 29.3 Å². The molecule has 0 aliphatic heterocycles. The minimum Gasteiger partial charge on any atom is -0.497 e. The van der Waals surface area contributed by atoms with Gasteiger partial charge in [0.15, 0.2) is 5.78 Å². The molecule has 0 aliphatic carbocycles. The van der Waals surface area contributed by atoms with Gasteiger partial charge < -0.3 is 9.72 Å². The predicted octanol–water partition coefficient (Wildman–Crippen LogP) is 4.75. The van der Waals surface area contributed by atoms with Gasteiger partial charge in [-0.15, -0.1) is 0 Å². The number of ether oxygens (including phenoxy) is 1. The number of fused-ring (bicyclic) bond motifs is 1. The third-order valence-corrected chi connectivity index (χ3v) is 7.92. The van der Waals surface area contributed by atoms with Crippen molar-refractivity contribution in [3.05, 3.63) is 105 Å². The summed E-state index contributed by atoms with van der Waals surface area (Å²) in [5, 5.41) is 0.857. The Morgan fingerprint density at radius 1 is 0.972 bits per heavy atom. The van der Waals surface area contributed by atoms with Crippen molar-refractivity contribution in [1.29, 1.82) is 0 Å². The molecule has 0 unspecified atom stereocenters. The van der Waals surface area contributed by atoms with Gasteiger partial charge in [0.25, 0.3) is 5.56 Å². The number of hydrogen-bond acceptors (Lipinski definition) is 5. The number of sulfonamides is 1. The van der Waals surface area contributed by atoms with Gasteiger partial charge in [-0.05, 0) is 73.9 Å². The molecule has 4 aromatic rings. The summed E-state index contributed by atoms with van der Waals surface area (Å²) in [7, 11) is -2.50. The van der Waals surface area contributed by atoms with E-state index >= 15 is 0 Å². The van der Waals surface area contributed by atoms with Gasteiger partial charge in [0.05, 0.1) is 12.0 Å². The van der Waals surface area contributed by atoms with Crippen LogP contribution in [0.1, 0.15) is 39.5 Å². The molecule has 186 valence electrons. The molecule has 1 aromatic heterocycles. The molecule has 0 saturated carbocycles. The highest BCUT2D eigenvalue weighted by molar-refractivity contribution is 7.89. The Labute approximate surface area is 210 Å². The lowest BCUT2D eigenvalue weighted by Gasteiger charge is -2.23. The van der Waals surface area contributed by atoms with Crippen LogP contribution >= 0.6 is 0 Å². The molecule has 0 saturated heterocycles. The fraction of sp³-hybridized carbons (Fsp3) is 0.214. The van der Waals surface area contributed by atoms with Gasteiger partial charge in [-0.2, -0.15) is 4.31 Å². The normalized spacial score (nSPS) is 11.7. The van der Waals surface area contributed by atoms with Crippen LogP contribution in [-0.2, 0) is 23.1 Å². The predicted molar refractivity (Wildman–Crippen MR) is 140 cm³/mol. The van der Waals surface area contributed by atoms with E-state index in [2.05, 4.69) is 4.98 Å². The quantitative estimate of drug-likeness (QED) is 0.350. The summed E-state index contributed by atoms with van der Waals surface area (Å²) in [5.41, 5.74) is 3.73. The zero-order valence-corrected chi connectivity index (χ0v) is 21.5. The lowest BCUT2D eigenvalue weighted by molar-refractivity contribution is 0.101. The van der Waals surface area contributed by atoms with E-state index in [1.807, 2.05) is 26.0 Å². The SMILES string of the molecule is COc1ccc(CN(Cc2cc3c(C)cc(C)cc3[nH]c2=O)S(=O)(=O)c2cccc(C(C)=O)c2)cc1. The van der Waals surface area contributed by atoms with Crippen LogP contribution < -0.4 is 10.3 Å². The number of benzene rings is 3. The number of carbonyl (C=O) groups excluding carboxylic acids is 1. The molecule has 0 atom stereocenters. The first kappa shape index (κ1) is 25.3. The Kier molecular flexibility index (Phi) is 7.10. The van der Waals surface area contributed by atoms with E-state index < -0.39 is 10.0 Å². The Bertz CT molecular complexity index is 1610. The third kappa shape index (κ3) is 5.24. The molecule has 0 fully saturated rings. The van der Waals surface area contributed by atoms with Crippen LogP contribution in [0.3, 0.4) is 0 Å². The van der Waals surface area contributed by atoms with Gasteiger partial charge in [-0.25, -0.2) is 8.42 Å². The fourth-order valence-corrected chi connectivity index (χ4v) is 5.66. The summed E-state index contributed by atoms with van der Waals surface area (Å²) in [6.07, 6.45) is 0. The van der Waals surface area contributed by atoms with Crippen molar-refractivity contribution in [3.8, 4) is 5.75 Å². The zero-order chi connectivity index (χ0) is 26.0. The Balaban J connectivity index is 1.80. The maximum atomic E-state index is 13.8. The Hall–Kier alpha value is -3.75. The van der Waals surface area contributed by atoms with Crippen LogP contribution in [0.2, 0.25) is 0 Å². The number of nitrogens with one attached hydrogen (secondary N) is 1. The van der Waals surface area contributed by atoms with Crippen molar-refractivity contribution < 1.29 is 17.9 Å². The summed E-state index contributed by atoms with van der Waals surface area (Å²) < 4.78 is 34.1. The van der Waals surface area contributed by atoms with Crippen molar-refractivity contribution in [2.24, 2.45) is 0 Å². The number of methoxy groups -OCH3 is 1. The Morgan fingerprint density at radius 2 is 1.69 bits per heavy atom. The van der Waals surface area contributed by atoms with E-state index in [0.29, 0.717) is 22.4 Å². The number of carbonyl (C=O) groups is 1. The van der Waals surface area contributed by atoms with E-state index in [9.17, 15) is 18.0 Å². The van der Waals surface area contributed by atoms with Gasteiger partial charge in [0, 0.05) is 35.1 Å². The van der Waals surface area contributed by atoms with E-state index in [1.54, 1.807) is 49.6 Å². The average Bonchev–Trinajstić information content (AvgIpc) is 2.84. The lowest BCUT2D eigenvalue weighted by Crippen LogP contribution is -2.32. The number of nitrogens with zero attached hydrogens (tertiary/aromatic N) is 1. The Morgan fingerprint density at radius 3 is 2.36 bits per heavy atom. The summed E-state index contributed by atoms with van der Waals surface area (Å²) in [4.78, 5) is 27.8. The summed E-state index contributed by atoms with van der Waals surface area (Å²) >= 11 is 0. The molecular weight excluding hydrogens is 476 g/mol. The molecule has 1 heterocycles. The topological polar surface area (TPSA) is 96.5 Å². The number of hydrogen-bond donors (Lipinski definition) is 1. The van der Waals surface area contributed by atoms with E-state index in [1.165, 1.54) is 23.4 Å². The molecule has 4 rings (SSSR count). The van der Waals surface area contributed by atoms with Crippen molar-refractivity contribution in [1.82, 2.24) is 9.29 Å². The zero-order valence-electron chi connectivity index (χ0n) is 20.7. The summed E-state index contributed by atoms with van der Waals surface area (Å²) in [5.74, 6) is 0.421. The second-order valence-electron chi connectivity index (χ2n) is 8.87. The largest absolute Gasteiger partial charge is 0.497 e. The molecule has 0 bridgehead atoms. The van der Waals surface area contributed by atoms with Crippen LogP contribution in [-0.4, -0.2) is 30.6 Å². The molecule has 3 aromatic carbocycles. The molecule has 0 amide bonds. The van der Waals surface area contributed by atoms with Gasteiger partial charge >= 0.3 is 0 Å². The highest BCUT2D eigenvalue weighted by Gasteiger charge is 2.27. The highest BCUT2D eigenvalue weighted by Crippen LogP contribution is 2.24. The maximum Gasteiger partial charge on any atom is 0.252 e. The number of Topliss-reactive ketones (excluding diaryl/α,β-unsaturated/α-hetero) is 1. The number of H-pyrrole nitrogens is 1. The molecule has 0 spiro atoms. The minimum atomic E-state index is -4.06. The van der Waals surface area contributed by atoms with Crippen molar-refractivity contribution >= 4 is 26.7 Å². The molecule has 8 heteroatoms. The average molecular weight is 505 g/mol. The van der Waals surface area contributed by atoms with Crippen molar-refractivity contribution in [3.63, 3.8) is 0 Å². The van der Waals surface area contributed by atoms with E-state index in [0.717, 1.165) is 22.1 Å². The van der Waals surface area contributed by atoms with Crippen LogP contribution in [0, 0.1) is 13.8 Å². The number of aryl methyl sites for hydroxylation is 2. The van der Waals surface area contributed by atoms with Crippen LogP contribution in [0.4, 0.5) is 0 Å². The summed E-state index contributed by atoms with van der Waals surface area (Å²) in [6, 6.07) is 18.7. The van der Waals surface area contributed by atoms with Crippen LogP contribution in [0.25, 0.3) is 10.9 Å². The molecule has 0 aliphatic rings. The van der Waals surface area contributed by atoms with Crippen LogP contribution in [0.15, 0.2) is 76.4 Å². The van der Waals surface area contributed by atoms with Crippen molar-refractivity contribution in [2.75, 3.05) is 7.11 Å². The lowest BCUT2D eigenvalue weighted by atomic mass is 10.0. The number of pyridine rings is 1. The smallest absolute Gasteiger partial charge is 0.252 e. The first-order chi connectivity index (χ1) is 17.1. The van der Waals surface area contributed by atoms with Crippen LogP contribution in [0.5, 0.6) is 5.75 Å². The maximum absolute atomic E-state index is 13.8. The van der Waals surface area contributed by atoms with Gasteiger partial charge in [0.1, 0.15) is 5.75 Å². The number of aromatic nitrogens is 1. The molecule has 7 nitrogen and oxygen atoms in total. The highest BCUT2D eigenvalue weighted by atomic mass is 32.2. The number of rotatable bonds is 8. The van der Waals surface area contributed by atoms with E-state index in [4.69, 9.17) is 4.74 Å². The number of aromatic amines is 1. The first-order valence-electron chi connectivity index (χ1n) is 11.5. The third-order valence-electron chi connectivity index (χ3n) is 6.13. The monoisotopic (exact) mass is 504 g/mol. The number of ketones is 1. The van der Waals surface area contributed by atoms with Gasteiger partial charge in [0.2, 0.25) is 10.0 Å². The molecular formula is C28H28N2O5S. The van der Waals surface area contributed by atoms with Crippen molar-refractivity contribution in [2.45, 2.75) is 38.8 Å². The fourth-order valence-electron chi connectivity index (χ4n) is 4.21. The molecule has 0 radical (unpaired) electrons. The standard InChI is InChI=1S/C28H28N2O5S/c1-18-12-19(2)26-15-23(28(32)29-27(26)13-18)17-30(16-21-8-10-24(35-4)11-9-21)36(33,34)25-7-5-6-22(14-25)20(3)31/h5-15H,16-17H2,1-4H3,(H,29,32). The summed E-state index contributed by atoms with van der Waals surface area (Å²) in [6.45, 7) is 5.19. The first-order valence-corrected chi connectivity index (χ1v) is 12.9. The molecule has 1 N–H and O–H groups in total. The minimum absolute atomic E-state index is 0.00673. The van der Waals surface area contributed by atoms with Gasteiger partial charge in [-0.1, -0.05) is 30.3 Å². The van der Waals surface area contributed by atoms with Gasteiger partial charge in [-0.3, -0.25) is 9.59 Å². The second kappa shape index (κ2) is 10.1. The molecule has 36 heavy (non-hydrogen) atoms. The second-order valence-corrected chi connectivity index (χ2v) is 10.8.